The van der Waals surface area contributed by atoms with E-state index in [0.29, 0.717) is 45.1 Å². The summed E-state index contributed by atoms with van der Waals surface area (Å²) < 4.78 is 5.29. The summed E-state index contributed by atoms with van der Waals surface area (Å²) in [6, 6.07) is 0. The van der Waals surface area contributed by atoms with Crippen LogP contribution in [0.5, 0.6) is 0 Å². The van der Waals surface area contributed by atoms with Crippen molar-refractivity contribution in [2.75, 3.05) is 33.4 Å². The summed E-state index contributed by atoms with van der Waals surface area (Å²) in [4.78, 5) is 14.4. The van der Waals surface area contributed by atoms with Gasteiger partial charge in [-0.1, -0.05) is 12.8 Å². The third-order valence-corrected chi connectivity index (χ3v) is 5.04. The summed E-state index contributed by atoms with van der Waals surface area (Å²) >= 11 is 0. The number of rotatable bonds is 5. The quantitative estimate of drug-likeness (QED) is 0.798. The summed E-state index contributed by atoms with van der Waals surface area (Å²) in [6.45, 7) is 2.30. The second-order valence-electron chi connectivity index (χ2n) is 6.84. The molecule has 21 heavy (non-hydrogen) atoms. The van der Waals surface area contributed by atoms with Crippen LogP contribution >= 0.6 is 0 Å². The number of carbonyl (C=O) groups is 1. The second kappa shape index (κ2) is 7.56. The van der Waals surface area contributed by atoms with E-state index in [1.165, 1.54) is 6.42 Å². The molecular weight excluding hydrogens is 268 g/mol. The van der Waals surface area contributed by atoms with Gasteiger partial charge >= 0.3 is 0 Å². The lowest BCUT2D eigenvalue weighted by Crippen LogP contribution is -2.49. The average Bonchev–Trinajstić information content (AvgIpc) is 2.47. The second-order valence-corrected chi connectivity index (χ2v) is 6.84. The predicted octanol–water partition coefficient (Wildman–Crippen LogP) is 1.14. The Hall–Kier alpha value is -0.650. The van der Waals surface area contributed by atoms with Crippen LogP contribution in [0.3, 0.4) is 0 Å². The molecule has 1 aliphatic heterocycles. The molecule has 5 nitrogen and oxygen atoms in total. The molecule has 1 heterocycles. The molecule has 0 bridgehead atoms. The Kier molecular flexibility index (Phi) is 6.02. The van der Waals surface area contributed by atoms with Gasteiger partial charge in [-0.05, 0) is 31.7 Å². The third kappa shape index (κ3) is 4.66. The lowest BCUT2D eigenvalue weighted by atomic mass is 9.79. The summed E-state index contributed by atoms with van der Waals surface area (Å²) in [7, 11) is 1.82. The van der Waals surface area contributed by atoms with Gasteiger partial charge in [0.25, 0.3) is 0 Å². The average molecular weight is 298 g/mol. The Balaban J connectivity index is 1.86. The predicted molar refractivity (Wildman–Crippen MR) is 81.8 cm³/mol. The summed E-state index contributed by atoms with van der Waals surface area (Å²) in [5, 5.41) is 10.5. The minimum Gasteiger partial charge on any atom is -0.388 e. The first-order chi connectivity index (χ1) is 10.0. The zero-order chi connectivity index (χ0) is 15.3. The molecule has 2 fully saturated rings. The van der Waals surface area contributed by atoms with Gasteiger partial charge in [-0.25, -0.2) is 0 Å². The van der Waals surface area contributed by atoms with Gasteiger partial charge in [0, 0.05) is 45.6 Å². The third-order valence-electron chi connectivity index (χ3n) is 5.04. The van der Waals surface area contributed by atoms with Crippen molar-refractivity contribution in [1.82, 2.24) is 4.90 Å². The molecule has 0 aromatic carbocycles. The maximum absolute atomic E-state index is 12.6. The van der Waals surface area contributed by atoms with Gasteiger partial charge in [0.15, 0.2) is 0 Å². The van der Waals surface area contributed by atoms with Crippen LogP contribution in [0.1, 0.15) is 44.9 Å². The number of aliphatic hydroxyl groups is 1. The summed E-state index contributed by atoms with van der Waals surface area (Å²) in [5.74, 6) is 0.901. The maximum Gasteiger partial charge on any atom is 0.225 e. The molecule has 1 saturated carbocycles. The molecule has 0 aromatic heterocycles. The molecule has 0 spiro atoms. The summed E-state index contributed by atoms with van der Waals surface area (Å²) in [5.41, 5.74) is 4.87. The van der Waals surface area contributed by atoms with Crippen LogP contribution in [0.2, 0.25) is 0 Å². The number of hydrogen-bond donors (Lipinski definition) is 2. The highest BCUT2D eigenvalue weighted by Gasteiger charge is 2.35. The van der Waals surface area contributed by atoms with Crippen molar-refractivity contribution in [3.63, 3.8) is 0 Å². The van der Waals surface area contributed by atoms with Crippen LogP contribution < -0.4 is 5.73 Å². The Morgan fingerprint density at radius 1 is 1.38 bits per heavy atom. The molecule has 5 heteroatoms. The fraction of sp³-hybridized carbons (Fsp3) is 0.938. The highest BCUT2D eigenvalue weighted by atomic mass is 16.5. The number of carbonyl (C=O) groups excluding carboxylic acids is 1. The van der Waals surface area contributed by atoms with Gasteiger partial charge in [-0.3, -0.25) is 4.79 Å². The van der Waals surface area contributed by atoms with Crippen LogP contribution in [-0.2, 0) is 9.53 Å². The molecular formula is C16H30N2O3. The monoisotopic (exact) mass is 298 g/mol. The number of amides is 1. The molecule has 0 radical (unpaired) electrons. The molecule has 2 unspecified atom stereocenters. The lowest BCUT2D eigenvalue weighted by Gasteiger charge is -2.37. The van der Waals surface area contributed by atoms with E-state index in [1.807, 2.05) is 7.05 Å². The fourth-order valence-corrected chi connectivity index (χ4v) is 3.75. The largest absolute Gasteiger partial charge is 0.388 e. The standard InChI is InChI=1S/C16H30N2O3/c1-18(12-16(20)6-9-21-10-7-16)15(19)14-4-2-3-13(11-14)5-8-17/h13-14,20H,2-12,17H2,1H3. The molecule has 2 aliphatic rings. The van der Waals surface area contributed by atoms with Crippen molar-refractivity contribution < 1.29 is 14.6 Å². The van der Waals surface area contributed by atoms with Gasteiger partial charge in [-0.2, -0.15) is 0 Å². The van der Waals surface area contributed by atoms with Crippen LogP contribution in [0, 0.1) is 11.8 Å². The van der Waals surface area contributed by atoms with Crippen LogP contribution in [0.15, 0.2) is 0 Å². The zero-order valence-corrected chi connectivity index (χ0v) is 13.2. The van der Waals surface area contributed by atoms with E-state index in [0.717, 1.165) is 25.7 Å². The number of likely N-dealkylation sites (N-methyl/N-ethyl adjacent to an activating group) is 1. The van der Waals surface area contributed by atoms with Crippen LogP contribution in [0.25, 0.3) is 0 Å². The van der Waals surface area contributed by atoms with E-state index in [1.54, 1.807) is 4.90 Å². The first kappa shape index (κ1) is 16.7. The molecule has 1 amide bonds. The van der Waals surface area contributed by atoms with Gasteiger partial charge in [-0.15, -0.1) is 0 Å². The highest BCUT2D eigenvalue weighted by Crippen LogP contribution is 2.32. The van der Waals surface area contributed by atoms with E-state index in [-0.39, 0.29) is 11.8 Å². The van der Waals surface area contributed by atoms with Crippen molar-refractivity contribution in [3.05, 3.63) is 0 Å². The molecule has 2 atom stereocenters. The van der Waals surface area contributed by atoms with Gasteiger partial charge < -0.3 is 20.5 Å². The molecule has 1 aliphatic carbocycles. The van der Waals surface area contributed by atoms with E-state index in [2.05, 4.69) is 0 Å². The summed E-state index contributed by atoms with van der Waals surface area (Å²) in [6.07, 6.45) is 6.51. The van der Waals surface area contributed by atoms with Crippen molar-refractivity contribution in [1.29, 1.82) is 0 Å². The number of nitrogens with two attached hydrogens (primary N) is 1. The van der Waals surface area contributed by atoms with Crippen molar-refractivity contribution in [2.24, 2.45) is 17.6 Å². The smallest absolute Gasteiger partial charge is 0.225 e. The molecule has 0 aromatic rings. The van der Waals surface area contributed by atoms with E-state index in [4.69, 9.17) is 10.5 Å². The lowest BCUT2D eigenvalue weighted by molar-refractivity contribution is -0.142. The molecule has 3 N–H and O–H groups in total. The zero-order valence-electron chi connectivity index (χ0n) is 13.2. The minimum atomic E-state index is -0.770. The first-order valence-electron chi connectivity index (χ1n) is 8.29. The SMILES string of the molecule is CN(CC1(O)CCOCC1)C(=O)C1CCCC(CCN)C1. The van der Waals surface area contributed by atoms with E-state index < -0.39 is 5.60 Å². The highest BCUT2D eigenvalue weighted by molar-refractivity contribution is 5.78. The van der Waals surface area contributed by atoms with Gasteiger partial charge in [0.1, 0.15) is 0 Å². The Labute approximate surface area is 127 Å². The Morgan fingerprint density at radius 2 is 2.10 bits per heavy atom. The van der Waals surface area contributed by atoms with Crippen molar-refractivity contribution in [3.8, 4) is 0 Å². The van der Waals surface area contributed by atoms with Crippen LogP contribution in [0.4, 0.5) is 0 Å². The molecule has 1 saturated heterocycles. The topological polar surface area (TPSA) is 75.8 Å². The first-order valence-corrected chi connectivity index (χ1v) is 8.29. The van der Waals surface area contributed by atoms with Crippen molar-refractivity contribution in [2.45, 2.75) is 50.5 Å². The van der Waals surface area contributed by atoms with Gasteiger partial charge in [0.2, 0.25) is 5.91 Å². The van der Waals surface area contributed by atoms with E-state index >= 15 is 0 Å². The number of nitrogens with zero attached hydrogens (tertiary/aromatic N) is 1. The Morgan fingerprint density at radius 3 is 2.76 bits per heavy atom. The number of ether oxygens (including phenoxy) is 1. The van der Waals surface area contributed by atoms with Crippen molar-refractivity contribution >= 4 is 5.91 Å². The Bertz CT molecular complexity index is 340. The fourth-order valence-electron chi connectivity index (χ4n) is 3.75. The maximum atomic E-state index is 12.6. The minimum absolute atomic E-state index is 0.115. The van der Waals surface area contributed by atoms with E-state index in [9.17, 15) is 9.90 Å². The normalized spacial score (nSPS) is 29.1. The van der Waals surface area contributed by atoms with Crippen LogP contribution in [-0.4, -0.2) is 54.9 Å². The van der Waals surface area contributed by atoms with Gasteiger partial charge in [0.05, 0.1) is 5.60 Å². The molecule has 2 rings (SSSR count). The molecule has 122 valence electrons. The number of hydrogen-bond acceptors (Lipinski definition) is 4.